The molecule has 0 fully saturated rings. The predicted octanol–water partition coefficient (Wildman–Crippen LogP) is 3.60. The van der Waals surface area contributed by atoms with Gasteiger partial charge in [-0.1, -0.05) is 24.3 Å². The van der Waals surface area contributed by atoms with E-state index in [0.717, 1.165) is 22.8 Å². The molecular formula is C18H18N4OS. The minimum absolute atomic E-state index is 0.124. The molecule has 0 unspecified atom stereocenters. The first-order chi connectivity index (χ1) is 11.7. The second kappa shape index (κ2) is 7.31. The molecule has 0 saturated carbocycles. The van der Waals surface area contributed by atoms with Crippen molar-refractivity contribution < 1.29 is 4.79 Å². The number of benzene rings is 2. The molecule has 3 rings (SSSR count). The zero-order valence-corrected chi connectivity index (χ0v) is 14.4. The Labute approximate surface area is 145 Å². The number of thioether (sulfide) groups is 1. The molecule has 0 radical (unpaired) electrons. The predicted molar refractivity (Wildman–Crippen MR) is 98.1 cm³/mol. The minimum atomic E-state index is -0.124. The van der Waals surface area contributed by atoms with E-state index in [4.69, 9.17) is 0 Å². The van der Waals surface area contributed by atoms with Crippen molar-refractivity contribution in [3.05, 3.63) is 66.0 Å². The van der Waals surface area contributed by atoms with Crippen LogP contribution in [0.25, 0.3) is 11.4 Å². The molecule has 0 aliphatic heterocycles. The van der Waals surface area contributed by atoms with Crippen molar-refractivity contribution in [2.24, 2.45) is 7.05 Å². The summed E-state index contributed by atoms with van der Waals surface area (Å²) in [5.74, 6) is 1.58. The van der Waals surface area contributed by atoms with Gasteiger partial charge in [-0.05, 0) is 36.1 Å². The number of amides is 1. The first-order valence-electron chi connectivity index (χ1n) is 7.51. The molecule has 5 nitrogen and oxygen atoms in total. The molecule has 6 heteroatoms. The molecule has 2 aromatic carbocycles. The van der Waals surface area contributed by atoms with Crippen LogP contribution in [-0.2, 0) is 12.8 Å². The van der Waals surface area contributed by atoms with Crippen LogP contribution >= 0.6 is 11.8 Å². The molecule has 122 valence electrons. The van der Waals surface area contributed by atoms with E-state index in [2.05, 4.69) is 21.8 Å². The summed E-state index contributed by atoms with van der Waals surface area (Å²) in [4.78, 5) is 12.4. The number of nitrogens with zero attached hydrogens (tertiary/aromatic N) is 3. The first-order valence-corrected chi connectivity index (χ1v) is 8.90. The Bertz CT molecular complexity index is 842. The molecule has 0 saturated heterocycles. The number of aromatic nitrogens is 3. The van der Waals surface area contributed by atoms with Crippen LogP contribution in [0.1, 0.15) is 15.9 Å². The number of hydrogen-bond acceptors (Lipinski definition) is 4. The van der Waals surface area contributed by atoms with E-state index in [1.54, 1.807) is 18.1 Å². The summed E-state index contributed by atoms with van der Waals surface area (Å²) in [6.45, 7) is 0. The number of aryl methyl sites for hydroxylation is 1. The quantitative estimate of drug-likeness (QED) is 0.772. The lowest BCUT2D eigenvalue weighted by molar-refractivity contribution is 0.102. The molecule has 3 aromatic rings. The minimum Gasteiger partial charge on any atom is -0.322 e. The Morgan fingerprint density at radius 3 is 2.67 bits per heavy atom. The molecular weight excluding hydrogens is 320 g/mol. The van der Waals surface area contributed by atoms with Crippen LogP contribution in [0.5, 0.6) is 0 Å². The van der Waals surface area contributed by atoms with Crippen molar-refractivity contribution in [1.82, 2.24) is 14.8 Å². The zero-order chi connectivity index (χ0) is 16.9. The van der Waals surface area contributed by atoms with Gasteiger partial charge in [0.1, 0.15) is 6.33 Å². The zero-order valence-electron chi connectivity index (χ0n) is 13.6. The van der Waals surface area contributed by atoms with Gasteiger partial charge in [0, 0.05) is 29.6 Å². The highest BCUT2D eigenvalue weighted by Crippen LogP contribution is 2.20. The molecule has 0 aliphatic carbocycles. The van der Waals surface area contributed by atoms with E-state index in [1.165, 1.54) is 5.56 Å². The van der Waals surface area contributed by atoms with Crippen LogP contribution in [0, 0.1) is 0 Å². The summed E-state index contributed by atoms with van der Waals surface area (Å²) >= 11 is 1.76. The lowest BCUT2D eigenvalue weighted by Gasteiger charge is -2.08. The molecule has 1 amide bonds. The van der Waals surface area contributed by atoms with Crippen molar-refractivity contribution >= 4 is 23.4 Å². The molecule has 1 N–H and O–H groups in total. The number of anilines is 1. The van der Waals surface area contributed by atoms with Crippen LogP contribution < -0.4 is 5.32 Å². The molecule has 1 heterocycles. The number of hydrogen-bond donors (Lipinski definition) is 1. The van der Waals surface area contributed by atoms with Gasteiger partial charge in [-0.15, -0.1) is 10.2 Å². The van der Waals surface area contributed by atoms with Gasteiger partial charge in [0.05, 0.1) is 0 Å². The summed E-state index contributed by atoms with van der Waals surface area (Å²) in [6, 6.07) is 15.3. The third-order valence-corrected chi connectivity index (χ3v) is 4.24. The van der Waals surface area contributed by atoms with Crippen LogP contribution in [-0.4, -0.2) is 26.9 Å². The Morgan fingerprint density at radius 2 is 2.00 bits per heavy atom. The average molecular weight is 338 g/mol. The summed E-state index contributed by atoms with van der Waals surface area (Å²) in [6.07, 6.45) is 3.71. The molecule has 0 atom stereocenters. The van der Waals surface area contributed by atoms with Gasteiger partial charge in [0.15, 0.2) is 5.82 Å². The van der Waals surface area contributed by atoms with Crippen molar-refractivity contribution in [2.45, 2.75) is 5.75 Å². The van der Waals surface area contributed by atoms with Gasteiger partial charge in [-0.2, -0.15) is 11.8 Å². The topological polar surface area (TPSA) is 59.8 Å². The standard InChI is InChI=1S/C18H18N4OS/c1-22-12-19-21-17(22)15-4-3-5-16(10-15)20-18(23)14-8-6-13(7-9-14)11-24-2/h3-10,12H,11H2,1-2H3,(H,20,23). The fourth-order valence-electron chi connectivity index (χ4n) is 2.40. The van der Waals surface area contributed by atoms with E-state index in [-0.39, 0.29) is 5.91 Å². The summed E-state index contributed by atoms with van der Waals surface area (Å²) in [5, 5.41) is 10.9. The third-order valence-electron chi connectivity index (χ3n) is 3.62. The van der Waals surface area contributed by atoms with E-state index in [0.29, 0.717) is 5.56 Å². The summed E-state index contributed by atoms with van der Waals surface area (Å²) in [5.41, 5.74) is 3.49. The van der Waals surface area contributed by atoms with Gasteiger partial charge in [0.2, 0.25) is 0 Å². The number of carbonyl (C=O) groups is 1. The second-order valence-corrected chi connectivity index (χ2v) is 6.30. The van der Waals surface area contributed by atoms with Gasteiger partial charge in [-0.3, -0.25) is 4.79 Å². The highest BCUT2D eigenvalue weighted by atomic mass is 32.2. The van der Waals surface area contributed by atoms with E-state index in [1.807, 2.05) is 60.1 Å². The Hall–Kier alpha value is -2.60. The van der Waals surface area contributed by atoms with Crippen molar-refractivity contribution in [3.63, 3.8) is 0 Å². The molecule has 0 aliphatic rings. The van der Waals surface area contributed by atoms with E-state index < -0.39 is 0 Å². The third kappa shape index (κ3) is 3.65. The Morgan fingerprint density at radius 1 is 1.21 bits per heavy atom. The van der Waals surface area contributed by atoms with E-state index in [9.17, 15) is 4.79 Å². The highest BCUT2D eigenvalue weighted by molar-refractivity contribution is 7.97. The van der Waals surface area contributed by atoms with Crippen LogP contribution in [0.4, 0.5) is 5.69 Å². The number of nitrogens with one attached hydrogen (secondary N) is 1. The fourth-order valence-corrected chi connectivity index (χ4v) is 2.93. The molecule has 1 aromatic heterocycles. The largest absolute Gasteiger partial charge is 0.322 e. The summed E-state index contributed by atoms with van der Waals surface area (Å²) in [7, 11) is 1.89. The van der Waals surface area contributed by atoms with Crippen LogP contribution in [0.15, 0.2) is 54.9 Å². The molecule has 0 bridgehead atoms. The summed E-state index contributed by atoms with van der Waals surface area (Å²) < 4.78 is 1.84. The van der Waals surface area contributed by atoms with Gasteiger partial charge in [-0.25, -0.2) is 0 Å². The van der Waals surface area contributed by atoms with Crippen LogP contribution in [0.3, 0.4) is 0 Å². The van der Waals surface area contributed by atoms with Crippen molar-refractivity contribution in [1.29, 1.82) is 0 Å². The normalized spacial score (nSPS) is 10.6. The fraction of sp³-hybridized carbons (Fsp3) is 0.167. The second-order valence-electron chi connectivity index (χ2n) is 5.43. The molecule has 24 heavy (non-hydrogen) atoms. The van der Waals surface area contributed by atoms with Gasteiger partial charge in [0.25, 0.3) is 5.91 Å². The maximum absolute atomic E-state index is 12.4. The smallest absolute Gasteiger partial charge is 0.255 e. The SMILES string of the molecule is CSCc1ccc(C(=O)Nc2cccc(-c3nncn3C)c2)cc1. The highest BCUT2D eigenvalue weighted by Gasteiger charge is 2.09. The lowest BCUT2D eigenvalue weighted by Crippen LogP contribution is -2.11. The van der Waals surface area contributed by atoms with Crippen LogP contribution in [0.2, 0.25) is 0 Å². The number of carbonyl (C=O) groups excluding carboxylic acids is 1. The van der Waals surface area contributed by atoms with Gasteiger partial charge < -0.3 is 9.88 Å². The number of rotatable bonds is 5. The lowest BCUT2D eigenvalue weighted by atomic mass is 10.1. The van der Waals surface area contributed by atoms with Crippen molar-refractivity contribution in [3.8, 4) is 11.4 Å². The first kappa shape index (κ1) is 16.3. The van der Waals surface area contributed by atoms with E-state index >= 15 is 0 Å². The Balaban J connectivity index is 1.76. The van der Waals surface area contributed by atoms with Crippen molar-refractivity contribution in [2.75, 3.05) is 11.6 Å². The molecule has 0 spiro atoms. The average Bonchev–Trinajstić information content (AvgIpc) is 3.02. The maximum atomic E-state index is 12.4. The monoisotopic (exact) mass is 338 g/mol. The Kier molecular flexibility index (Phi) is 4.96. The van der Waals surface area contributed by atoms with Gasteiger partial charge >= 0.3 is 0 Å². The maximum Gasteiger partial charge on any atom is 0.255 e.